The van der Waals surface area contributed by atoms with Crippen LogP contribution in [0.4, 0.5) is 39.3 Å². The van der Waals surface area contributed by atoms with Gasteiger partial charge in [-0.3, -0.25) is 14.0 Å². The smallest absolute Gasteiger partial charge is 0.403 e. The molecule has 0 bridgehead atoms. The largest absolute Gasteiger partial charge is 0.493 e. The summed E-state index contributed by atoms with van der Waals surface area (Å²) >= 11 is 12.2. The summed E-state index contributed by atoms with van der Waals surface area (Å²) in [6.07, 6.45) is -5.05. The molecule has 5 rings (SSSR count). The van der Waals surface area contributed by atoms with Gasteiger partial charge in [0.25, 0.3) is 5.91 Å². The normalized spacial score (nSPS) is 13.5. The Kier molecular flexibility index (Phi) is 10.1. The van der Waals surface area contributed by atoms with Crippen molar-refractivity contribution in [3.05, 3.63) is 75.5 Å². The Hall–Kier alpha value is -4.10. The van der Waals surface area contributed by atoms with Gasteiger partial charge in [0.05, 0.1) is 46.1 Å². The predicted molar refractivity (Wildman–Crippen MR) is 163 cm³/mol. The van der Waals surface area contributed by atoms with Crippen LogP contribution in [0.3, 0.4) is 0 Å². The number of amides is 2. The first kappa shape index (κ1) is 33.8. The molecule has 2 amide bonds. The monoisotopic (exact) mass is 671 g/mol. The quantitative estimate of drug-likeness (QED) is 0.157. The molecule has 1 aliphatic rings. The van der Waals surface area contributed by atoms with Gasteiger partial charge in [0.1, 0.15) is 17.0 Å². The minimum Gasteiger partial charge on any atom is -0.493 e. The maximum absolute atomic E-state index is 13.6. The third-order valence-electron chi connectivity index (χ3n) is 7.16. The molecule has 0 radical (unpaired) electrons. The number of hydrogen-bond acceptors (Lipinski definition) is 5. The lowest BCUT2D eigenvalue weighted by Crippen LogP contribution is -2.40. The molecule has 0 spiro atoms. The summed E-state index contributed by atoms with van der Waals surface area (Å²) in [5, 5.41) is 8.34. The number of anilines is 3. The highest BCUT2D eigenvalue weighted by atomic mass is 35.5. The van der Waals surface area contributed by atoms with Crippen LogP contribution in [0.25, 0.3) is 11.0 Å². The summed E-state index contributed by atoms with van der Waals surface area (Å²) in [4.78, 5) is 30.0. The second-order valence-corrected chi connectivity index (χ2v) is 10.9. The number of fused-ring (bicyclic) bond motifs is 1. The van der Waals surface area contributed by atoms with Gasteiger partial charge in [-0.15, -0.1) is 0 Å². The van der Waals surface area contributed by atoms with Crippen molar-refractivity contribution in [3.8, 4) is 5.75 Å². The molecule has 1 heterocycles. The zero-order chi connectivity index (χ0) is 33.1. The number of rotatable bonds is 9. The molecule has 1 saturated carbocycles. The van der Waals surface area contributed by atoms with Crippen LogP contribution < -0.4 is 20.7 Å². The van der Waals surface area contributed by atoms with Gasteiger partial charge in [-0.05, 0) is 61.7 Å². The number of halogens is 7. The van der Waals surface area contributed by atoms with E-state index < -0.39 is 29.2 Å². The summed E-state index contributed by atoms with van der Waals surface area (Å²) in [5.74, 6) is -1.56. The van der Waals surface area contributed by atoms with E-state index in [1.807, 2.05) is 0 Å². The molecule has 0 atom stereocenters. The lowest BCUT2D eigenvalue weighted by Gasteiger charge is -2.18. The summed E-state index contributed by atoms with van der Waals surface area (Å²) in [6.45, 7) is 1.92. The number of imidazole rings is 1. The first-order chi connectivity index (χ1) is 21.3. The van der Waals surface area contributed by atoms with Gasteiger partial charge in [0.2, 0.25) is 11.9 Å². The SMILES string of the molecule is CCOc1cc2c(cc1C(=O)Nc1ccc(F)c(Cl)c1)nc(Nc1cc(CNC(=O)C3(C(F)(F)F)CC3)ccc1Cl)n2C.CF. The molecule has 1 aliphatic carbocycles. The van der Waals surface area contributed by atoms with Crippen LogP contribution in [-0.2, 0) is 18.4 Å². The van der Waals surface area contributed by atoms with Gasteiger partial charge in [0, 0.05) is 25.3 Å². The minimum absolute atomic E-state index is 0.124. The van der Waals surface area contributed by atoms with Crippen molar-refractivity contribution >= 4 is 63.4 Å². The van der Waals surface area contributed by atoms with Crippen LogP contribution >= 0.6 is 23.2 Å². The van der Waals surface area contributed by atoms with Crippen LogP contribution in [-0.4, -0.2) is 41.3 Å². The summed E-state index contributed by atoms with van der Waals surface area (Å²) in [5.41, 5.74) is 0.151. The number of aromatic nitrogens is 2. The van der Waals surface area contributed by atoms with Crippen molar-refractivity contribution in [2.75, 3.05) is 24.4 Å². The highest BCUT2D eigenvalue weighted by Crippen LogP contribution is 2.57. The fourth-order valence-electron chi connectivity index (χ4n) is 4.57. The molecule has 45 heavy (non-hydrogen) atoms. The first-order valence-corrected chi connectivity index (χ1v) is 14.3. The van der Waals surface area contributed by atoms with Crippen LogP contribution in [0.1, 0.15) is 35.7 Å². The number of hydrogen-bond donors (Lipinski definition) is 3. The minimum atomic E-state index is -4.60. The Morgan fingerprint density at radius 3 is 2.38 bits per heavy atom. The Labute approximate surface area is 264 Å². The molecule has 1 aromatic heterocycles. The number of carbonyl (C=O) groups is 2. The highest BCUT2D eigenvalue weighted by molar-refractivity contribution is 6.33. The van der Waals surface area contributed by atoms with E-state index in [0.29, 0.717) is 51.9 Å². The lowest BCUT2D eigenvalue weighted by molar-refractivity contribution is -0.192. The van der Waals surface area contributed by atoms with Crippen molar-refractivity contribution in [2.45, 2.75) is 32.5 Å². The molecule has 4 aromatic rings. The molecule has 3 N–H and O–H groups in total. The predicted octanol–water partition coefficient (Wildman–Crippen LogP) is 7.96. The van der Waals surface area contributed by atoms with Gasteiger partial charge < -0.3 is 25.3 Å². The lowest BCUT2D eigenvalue weighted by atomic mass is 10.1. The average Bonchev–Trinajstić information content (AvgIpc) is 3.78. The fraction of sp³-hybridized carbons (Fsp3) is 0.300. The van der Waals surface area contributed by atoms with Crippen LogP contribution in [0, 0.1) is 11.2 Å². The summed E-state index contributed by atoms with van der Waals surface area (Å²) in [7, 11) is 2.23. The fourth-order valence-corrected chi connectivity index (χ4v) is 4.92. The molecular weight excluding hydrogens is 644 g/mol. The Morgan fingerprint density at radius 2 is 1.76 bits per heavy atom. The van der Waals surface area contributed by atoms with E-state index in [1.165, 1.54) is 12.1 Å². The zero-order valence-electron chi connectivity index (χ0n) is 24.2. The van der Waals surface area contributed by atoms with Crippen LogP contribution in [0.2, 0.25) is 10.0 Å². The van der Waals surface area contributed by atoms with Gasteiger partial charge in [0.15, 0.2) is 0 Å². The number of aryl methyl sites for hydroxylation is 1. The molecule has 8 nitrogen and oxygen atoms in total. The third kappa shape index (κ3) is 7.09. The van der Waals surface area contributed by atoms with Gasteiger partial charge in [-0.2, -0.15) is 13.2 Å². The molecule has 0 unspecified atom stereocenters. The first-order valence-electron chi connectivity index (χ1n) is 13.5. The molecule has 0 aliphatic heterocycles. The maximum atomic E-state index is 13.6. The van der Waals surface area contributed by atoms with Crippen LogP contribution in [0.15, 0.2) is 48.5 Å². The van der Waals surface area contributed by atoms with Crippen molar-refractivity contribution in [1.29, 1.82) is 0 Å². The number of ether oxygens (including phenoxy) is 1. The van der Waals surface area contributed by atoms with Crippen molar-refractivity contribution in [3.63, 3.8) is 0 Å². The number of nitrogens with zero attached hydrogens (tertiary/aromatic N) is 2. The molecular formula is C30H28Cl2F5N5O3. The second-order valence-electron chi connectivity index (χ2n) is 10.0. The molecule has 240 valence electrons. The molecule has 0 saturated heterocycles. The van der Waals surface area contributed by atoms with Crippen molar-refractivity contribution in [1.82, 2.24) is 14.9 Å². The number of nitrogens with one attached hydrogen (secondary N) is 3. The van der Waals surface area contributed by atoms with E-state index in [0.717, 1.165) is 6.07 Å². The Balaban J connectivity index is 0.00000226. The van der Waals surface area contributed by atoms with Gasteiger partial charge >= 0.3 is 6.18 Å². The van der Waals surface area contributed by atoms with E-state index in [4.69, 9.17) is 27.9 Å². The van der Waals surface area contributed by atoms with E-state index in [2.05, 4.69) is 20.9 Å². The third-order valence-corrected chi connectivity index (χ3v) is 7.78. The number of carbonyl (C=O) groups excluding carboxylic acids is 2. The molecule has 1 fully saturated rings. The summed E-state index contributed by atoms with van der Waals surface area (Å²) < 4.78 is 70.3. The summed E-state index contributed by atoms with van der Waals surface area (Å²) in [6, 6.07) is 11.8. The molecule has 3 aromatic carbocycles. The van der Waals surface area contributed by atoms with Gasteiger partial charge in [-0.1, -0.05) is 29.3 Å². The van der Waals surface area contributed by atoms with E-state index in [-0.39, 0.29) is 36.6 Å². The molecule has 15 heteroatoms. The number of alkyl halides is 4. The van der Waals surface area contributed by atoms with Crippen molar-refractivity contribution < 1.29 is 36.3 Å². The van der Waals surface area contributed by atoms with E-state index >= 15 is 0 Å². The Morgan fingerprint density at radius 1 is 1.04 bits per heavy atom. The van der Waals surface area contributed by atoms with Gasteiger partial charge in [-0.25, -0.2) is 9.37 Å². The average molecular weight is 672 g/mol. The van der Waals surface area contributed by atoms with E-state index in [1.54, 1.807) is 48.9 Å². The van der Waals surface area contributed by atoms with Crippen LogP contribution in [0.5, 0.6) is 5.75 Å². The zero-order valence-corrected chi connectivity index (χ0v) is 25.7. The number of benzene rings is 3. The maximum Gasteiger partial charge on any atom is 0.403 e. The highest BCUT2D eigenvalue weighted by Gasteiger charge is 2.68. The Bertz CT molecular complexity index is 1740. The van der Waals surface area contributed by atoms with E-state index in [9.17, 15) is 31.5 Å². The second kappa shape index (κ2) is 13.5. The standard InChI is InChI=1S/C29H25Cl2F4N5O3.CH3F/c1-3-43-24-13-23-22(12-17(24)25(41)37-16-5-7-20(32)19(31)11-16)39-27(40(23)2)38-21-10-15(4-6-18(21)30)14-36-26(42)28(8-9-28)29(33,34)35;1-2/h4-7,10-13H,3,8-9,14H2,1-2H3,(H,36,42)(H,37,41)(H,38,39);1H3. The topological polar surface area (TPSA) is 97.3 Å². The van der Waals surface area contributed by atoms with Crippen molar-refractivity contribution in [2.24, 2.45) is 12.5 Å².